The number of benzene rings is 3. The van der Waals surface area contributed by atoms with Gasteiger partial charge in [0.15, 0.2) is 0 Å². The number of halogens is 1. The van der Waals surface area contributed by atoms with Gasteiger partial charge >= 0.3 is 0 Å². The molecule has 7 nitrogen and oxygen atoms in total. The van der Waals surface area contributed by atoms with Crippen LogP contribution in [0.2, 0.25) is 5.02 Å². The van der Waals surface area contributed by atoms with Crippen molar-refractivity contribution >= 4 is 44.2 Å². The SMILES string of the molecule is CC[C@@H](C)NC(=O)[C@@H](C)N(Cc1ccccc1Cl)C(=O)CN(C)S(=O)(=O)c1ccc2ccccc2c1. The van der Waals surface area contributed by atoms with Crippen LogP contribution in [0.4, 0.5) is 0 Å². The van der Waals surface area contributed by atoms with Gasteiger partial charge in [0.05, 0.1) is 11.4 Å². The maximum atomic E-state index is 13.5. The molecule has 3 aromatic carbocycles. The Balaban J connectivity index is 1.86. The topological polar surface area (TPSA) is 86.8 Å². The normalized spacial score (nSPS) is 13.4. The van der Waals surface area contributed by atoms with Crippen LogP contribution in [0.5, 0.6) is 0 Å². The van der Waals surface area contributed by atoms with Crippen LogP contribution in [-0.2, 0) is 26.2 Å². The number of hydrogen-bond donors (Lipinski definition) is 1. The molecule has 36 heavy (non-hydrogen) atoms. The van der Waals surface area contributed by atoms with Crippen molar-refractivity contribution in [2.75, 3.05) is 13.6 Å². The molecule has 0 bridgehead atoms. The van der Waals surface area contributed by atoms with Crippen molar-refractivity contribution in [3.63, 3.8) is 0 Å². The minimum atomic E-state index is -3.95. The van der Waals surface area contributed by atoms with Crippen LogP contribution in [0, 0.1) is 0 Å². The first-order chi connectivity index (χ1) is 17.0. The molecule has 0 radical (unpaired) electrons. The third kappa shape index (κ3) is 6.43. The molecule has 0 aliphatic rings. The minimum absolute atomic E-state index is 0.0619. The summed E-state index contributed by atoms with van der Waals surface area (Å²) in [7, 11) is -2.59. The molecule has 0 aliphatic heterocycles. The monoisotopic (exact) mass is 529 g/mol. The molecule has 1 N–H and O–H groups in total. The fourth-order valence-electron chi connectivity index (χ4n) is 3.73. The highest BCUT2D eigenvalue weighted by Crippen LogP contribution is 2.23. The molecule has 2 amide bonds. The maximum absolute atomic E-state index is 13.5. The largest absolute Gasteiger partial charge is 0.352 e. The lowest BCUT2D eigenvalue weighted by atomic mass is 10.1. The van der Waals surface area contributed by atoms with Crippen LogP contribution in [-0.4, -0.2) is 55.1 Å². The minimum Gasteiger partial charge on any atom is -0.352 e. The van der Waals surface area contributed by atoms with E-state index >= 15 is 0 Å². The van der Waals surface area contributed by atoms with E-state index in [1.165, 1.54) is 18.0 Å². The van der Waals surface area contributed by atoms with E-state index in [0.717, 1.165) is 21.5 Å². The molecule has 0 aliphatic carbocycles. The van der Waals surface area contributed by atoms with Crippen LogP contribution in [0.15, 0.2) is 71.6 Å². The lowest BCUT2D eigenvalue weighted by molar-refractivity contribution is -0.140. The second kappa shape index (κ2) is 11.9. The maximum Gasteiger partial charge on any atom is 0.243 e. The number of amides is 2. The summed E-state index contributed by atoms with van der Waals surface area (Å²) >= 11 is 6.33. The Morgan fingerprint density at radius 2 is 1.61 bits per heavy atom. The number of carbonyl (C=O) groups is 2. The molecule has 0 saturated heterocycles. The predicted molar refractivity (Wildman–Crippen MR) is 143 cm³/mol. The number of fused-ring (bicyclic) bond motifs is 1. The highest BCUT2D eigenvalue weighted by Gasteiger charge is 2.31. The van der Waals surface area contributed by atoms with Crippen molar-refractivity contribution in [2.45, 2.75) is 50.7 Å². The number of nitrogens with zero attached hydrogens (tertiary/aromatic N) is 2. The molecular formula is C27H32ClN3O4S. The summed E-state index contributed by atoms with van der Waals surface area (Å²) < 4.78 is 27.6. The molecular weight excluding hydrogens is 498 g/mol. The molecule has 0 heterocycles. The zero-order valence-corrected chi connectivity index (χ0v) is 22.5. The van der Waals surface area contributed by atoms with Gasteiger partial charge < -0.3 is 10.2 Å². The Morgan fingerprint density at radius 3 is 2.28 bits per heavy atom. The summed E-state index contributed by atoms with van der Waals surface area (Å²) in [4.78, 5) is 27.8. The van der Waals surface area contributed by atoms with Crippen LogP contribution in [0.25, 0.3) is 10.8 Å². The quantitative estimate of drug-likeness (QED) is 0.420. The molecule has 0 saturated carbocycles. The Bertz CT molecular complexity index is 1350. The van der Waals surface area contributed by atoms with E-state index in [4.69, 9.17) is 11.6 Å². The highest BCUT2D eigenvalue weighted by molar-refractivity contribution is 7.89. The van der Waals surface area contributed by atoms with Gasteiger partial charge in [0.2, 0.25) is 21.8 Å². The van der Waals surface area contributed by atoms with E-state index in [9.17, 15) is 18.0 Å². The van der Waals surface area contributed by atoms with Gasteiger partial charge in [-0.2, -0.15) is 4.31 Å². The summed E-state index contributed by atoms with van der Waals surface area (Å²) in [6, 6.07) is 18.5. The summed E-state index contributed by atoms with van der Waals surface area (Å²) in [5, 5.41) is 5.06. The van der Waals surface area contributed by atoms with Crippen molar-refractivity contribution in [2.24, 2.45) is 0 Å². The van der Waals surface area contributed by atoms with Gasteiger partial charge in [0.25, 0.3) is 0 Å². The van der Waals surface area contributed by atoms with Gasteiger partial charge in [-0.1, -0.05) is 67.1 Å². The number of nitrogens with one attached hydrogen (secondary N) is 1. The summed E-state index contributed by atoms with van der Waals surface area (Å²) in [6.45, 7) is 5.10. The standard InChI is InChI=1S/C27H32ClN3O4S/c1-5-19(2)29-27(33)20(3)31(17-23-12-8-9-13-25(23)28)26(32)18-30(4)36(34,35)24-15-14-21-10-6-7-11-22(21)16-24/h6-16,19-20H,5,17-18H2,1-4H3,(H,29,33)/t19-,20-/m1/s1. The number of rotatable bonds is 10. The first-order valence-corrected chi connectivity index (χ1v) is 13.6. The highest BCUT2D eigenvalue weighted by atomic mass is 35.5. The molecule has 3 aromatic rings. The van der Waals surface area contributed by atoms with E-state index in [1.54, 1.807) is 43.3 Å². The second-order valence-electron chi connectivity index (χ2n) is 8.88. The fraction of sp³-hybridized carbons (Fsp3) is 0.333. The lowest BCUT2D eigenvalue weighted by Gasteiger charge is -2.31. The molecule has 3 rings (SSSR count). The molecule has 0 fully saturated rings. The van der Waals surface area contributed by atoms with Crippen molar-refractivity contribution in [3.8, 4) is 0 Å². The summed E-state index contributed by atoms with van der Waals surface area (Å²) in [5.41, 5.74) is 0.663. The Hall–Kier alpha value is -2.94. The van der Waals surface area contributed by atoms with Crippen LogP contribution in [0.1, 0.15) is 32.8 Å². The van der Waals surface area contributed by atoms with E-state index in [2.05, 4.69) is 5.32 Å². The van der Waals surface area contributed by atoms with Gasteiger partial charge in [-0.25, -0.2) is 8.42 Å². The van der Waals surface area contributed by atoms with E-state index < -0.39 is 28.5 Å². The molecule has 2 atom stereocenters. The van der Waals surface area contributed by atoms with Gasteiger partial charge in [-0.15, -0.1) is 0 Å². The van der Waals surface area contributed by atoms with Crippen LogP contribution >= 0.6 is 11.6 Å². The molecule has 9 heteroatoms. The van der Waals surface area contributed by atoms with Gasteiger partial charge in [0.1, 0.15) is 6.04 Å². The molecule has 0 unspecified atom stereocenters. The third-order valence-electron chi connectivity index (χ3n) is 6.25. The first-order valence-electron chi connectivity index (χ1n) is 11.8. The molecule has 0 aromatic heterocycles. The van der Waals surface area contributed by atoms with Crippen molar-refractivity contribution in [1.82, 2.24) is 14.5 Å². The van der Waals surface area contributed by atoms with Crippen LogP contribution < -0.4 is 5.32 Å². The number of sulfonamides is 1. The second-order valence-corrected chi connectivity index (χ2v) is 11.3. The number of hydrogen-bond acceptors (Lipinski definition) is 4. The Morgan fingerprint density at radius 1 is 0.972 bits per heavy atom. The first kappa shape index (κ1) is 27.6. The van der Waals surface area contributed by atoms with E-state index in [0.29, 0.717) is 10.6 Å². The van der Waals surface area contributed by atoms with E-state index in [-0.39, 0.29) is 23.4 Å². The lowest BCUT2D eigenvalue weighted by Crippen LogP contribution is -2.51. The predicted octanol–water partition coefficient (Wildman–Crippen LogP) is 4.45. The van der Waals surface area contributed by atoms with Gasteiger partial charge in [-0.05, 0) is 54.8 Å². The summed E-state index contributed by atoms with van der Waals surface area (Å²) in [6.07, 6.45) is 0.740. The van der Waals surface area contributed by atoms with E-state index in [1.807, 2.05) is 38.1 Å². The molecule has 192 valence electrons. The van der Waals surface area contributed by atoms with Crippen molar-refractivity contribution in [1.29, 1.82) is 0 Å². The van der Waals surface area contributed by atoms with Crippen LogP contribution in [0.3, 0.4) is 0 Å². The smallest absolute Gasteiger partial charge is 0.243 e. The zero-order chi connectivity index (χ0) is 26.5. The van der Waals surface area contributed by atoms with Crippen molar-refractivity contribution < 1.29 is 18.0 Å². The number of carbonyl (C=O) groups excluding carboxylic acids is 2. The molecule has 0 spiro atoms. The summed E-state index contributed by atoms with van der Waals surface area (Å²) in [5.74, 6) is -0.821. The van der Waals surface area contributed by atoms with Crippen molar-refractivity contribution in [3.05, 3.63) is 77.3 Å². The fourth-order valence-corrected chi connectivity index (χ4v) is 5.08. The third-order valence-corrected chi connectivity index (χ3v) is 8.42. The van der Waals surface area contributed by atoms with Gasteiger partial charge in [0, 0.05) is 24.7 Å². The Labute approximate surface area is 218 Å². The van der Waals surface area contributed by atoms with Gasteiger partial charge in [-0.3, -0.25) is 9.59 Å². The average Bonchev–Trinajstić information content (AvgIpc) is 2.87. The Kier molecular flexibility index (Phi) is 9.11. The zero-order valence-electron chi connectivity index (χ0n) is 20.9. The number of likely N-dealkylation sites (N-methyl/N-ethyl adjacent to an activating group) is 1. The average molecular weight is 530 g/mol.